The van der Waals surface area contributed by atoms with Gasteiger partial charge in [0.2, 0.25) is 5.91 Å². The fourth-order valence-corrected chi connectivity index (χ4v) is 4.27. The Bertz CT molecular complexity index is 1430. The van der Waals surface area contributed by atoms with Crippen LogP contribution in [0, 0.1) is 0 Å². The second-order valence-electron chi connectivity index (χ2n) is 7.54. The minimum Gasteiger partial charge on any atom is -0.464 e. The number of hydrogen-bond donors (Lipinski definition) is 1. The molecule has 4 aromatic rings. The maximum absolute atomic E-state index is 13.6. The summed E-state index contributed by atoms with van der Waals surface area (Å²) < 4.78 is 7.36. The Labute approximate surface area is 198 Å². The molecule has 0 radical (unpaired) electrons. The lowest BCUT2D eigenvalue weighted by Crippen LogP contribution is -2.28. The average molecular weight is 505 g/mol. The predicted octanol–water partition coefficient (Wildman–Crippen LogP) is 5.22. The van der Waals surface area contributed by atoms with Crippen molar-refractivity contribution in [1.29, 1.82) is 0 Å². The molecule has 166 valence electrons. The summed E-state index contributed by atoms with van der Waals surface area (Å²) in [5.74, 6) is -0.798. The largest absolute Gasteiger partial charge is 0.464 e. The van der Waals surface area contributed by atoms with E-state index >= 15 is 0 Å². The van der Waals surface area contributed by atoms with Crippen LogP contribution in [0.4, 0.5) is 5.69 Å². The Hall–Kier alpha value is -3.71. The molecule has 3 aromatic carbocycles. The standard InChI is InChI=1S/C26H21BrN2O4/c1-16(30)28-20-10-6-7-17(13-20)15-29-24(26(32)33-2)23(18-8-4-3-5-9-18)22-14-19(27)11-12-21(22)25(29)31/h3-14H,15H2,1-2H3,(H,28,30). The highest BCUT2D eigenvalue weighted by atomic mass is 79.9. The van der Waals surface area contributed by atoms with Crippen LogP contribution in [0.15, 0.2) is 82.1 Å². The third-order valence-corrected chi connectivity index (χ3v) is 5.76. The maximum Gasteiger partial charge on any atom is 0.355 e. The van der Waals surface area contributed by atoms with Crippen molar-refractivity contribution in [3.63, 3.8) is 0 Å². The fourth-order valence-electron chi connectivity index (χ4n) is 3.91. The van der Waals surface area contributed by atoms with E-state index in [1.807, 2.05) is 42.5 Å². The van der Waals surface area contributed by atoms with Gasteiger partial charge in [0.25, 0.3) is 5.56 Å². The molecule has 0 saturated carbocycles. The van der Waals surface area contributed by atoms with Gasteiger partial charge in [-0.05, 0) is 46.8 Å². The van der Waals surface area contributed by atoms with Crippen molar-refractivity contribution in [3.05, 3.63) is 98.9 Å². The van der Waals surface area contributed by atoms with E-state index in [9.17, 15) is 14.4 Å². The number of rotatable bonds is 5. The number of nitrogens with zero attached hydrogens (tertiary/aromatic N) is 1. The van der Waals surface area contributed by atoms with Crippen LogP contribution in [0.1, 0.15) is 23.0 Å². The summed E-state index contributed by atoms with van der Waals surface area (Å²) >= 11 is 3.48. The van der Waals surface area contributed by atoms with Crippen molar-refractivity contribution in [1.82, 2.24) is 4.57 Å². The van der Waals surface area contributed by atoms with E-state index in [1.54, 1.807) is 30.3 Å². The topological polar surface area (TPSA) is 77.4 Å². The van der Waals surface area contributed by atoms with Crippen LogP contribution < -0.4 is 10.9 Å². The molecule has 0 aliphatic carbocycles. The van der Waals surface area contributed by atoms with Crippen molar-refractivity contribution in [2.45, 2.75) is 13.5 Å². The number of ether oxygens (including phenoxy) is 1. The second-order valence-corrected chi connectivity index (χ2v) is 8.46. The van der Waals surface area contributed by atoms with Crippen molar-refractivity contribution >= 4 is 44.3 Å². The van der Waals surface area contributed by atoms with Crippen molar-refractivity contribution < 1.29 is 14.3 Å². The lowest BCUT2D eigenvalue weighted by Gasteiger charge is -2.19. The molecule has 1 heterocycles. The maximum atomic E-state index is 13.6. The smallest absolute Gasteiger partial charge is 0.355 e. The van der Waals surface area contributed by atoms with Crippen LogP contribution >= 0.6 is 15.9 Å². The molecule has 0 spiro atoms. The number of esters is 1. The molecule has 0 aliphatic rings. The van der Waals surface area contributed by atoms with Gasteiger partial charge in [-0.25, -0.2) is 4.79 Å². The number of fused-ring (bicyclic) bond motifs is 1. The first-order valence-corrected chi connectivity index (χ1v) is 11.0. The molecule has 1 aromatic heterocycles. The van der Waals surface area contributed by atoms with Crippen molar-refractivity contribution in [2.24, 2.45) is 0 Å². The van der Waals surface area contributed by atoms with Crippen LogP contribution in [-0.2, 0) is 16.1 Å². The molecule has 0 bridgehead atoms. The highest BCUT2D eigenvalue weighted by molar-refractivity contribution is 9.10. The van der Waals surface area contributed by atoms with Crippen LogP contribution in [0.2, 0.25) is 0 Å². The van der Waals surface area contributed by atoms with Gasteiger partial charge in [0, 0.05) is 28.0 Å². The zero-order valence-electron chi connectivity index (χ0n) is 18.1. The summed E-state index contributed by atoms with van der Waals surface area (Å²) in [6.07, 6.45) is 0. The van der Waals surface area contributed by atoms with Crippen molar-refractivity contribution in [2.75, 3.05) is 12.4 Å². The summed E-state index contributed by atoms with van der Waals surface area (Å²) in [6, 6.07) is 22.0. The number of amides is 1. The van der Waals surface area contributed by atoms with Gasteiger partial charge in [0.15, 0.2) is 0 Å². The third-order valence-electron chi connectivity index (χ3n) is 5.26. The summed E-state index contributed by atoms with van der Waals surface area (Å²) in [6.45, 7) is 1.56. The number of pyridine rings is 1. The molecule has 7 heteroatoms. The minimum absolute atomic E-state index is 0.128. The number of halogens is 1. The number of carbonyl (C=O) groups excluding carboxylic acids is 2. The molecule has 33 heavy (non-hydrogen) atoms. The lowest BCUT2D eigenvalue weighted by molar-refractivity contribution is -0.114. The van der Waals surface area contributed by atoms with Gasteiger partial charge >= 0.3 is 5.97 Å². The Morgan fingerprint density at radius 2 is 1.73 bits per heavy atom. The summed E-state index contributed by atoms with van der Waals surface area (Å²) in [7, 11) is 1.30. The summed E-state index contributed by atoms with van der Waals surface area (Å²) in [5, 5.41) is 3.89. The van der Waals surface area contributed by atoms with Gasteiger partial charge in [0.1, 0.15) is 5.69 Å². The molecule has 0 unspecified atom stereocenters. The SMILES string of the molecule is COC(=O)c1c(-c2ccccc2)c2cc(Br)ccc2c(=O)n1Cc1cccc(NC(C)=O)c1. The highest BCUT2D eigenvalue weighted by Crippen LogP contribution is 2.33. The quantitative estimate of drug-likeness (QED) is 0.377. The average Bonchev–Trinajstić information content (AvgIpc) is 2.80. The van der Waals surface area contributed by atoms with Crippen LogP contribution in [-0.4, -0.2) is 23.6 Å². The fraction of sp³-hybridized carbons (Fsp3) is 0.115. The first kappa shape index (κ1) is 22.5. The first-order valence-electron chi connectivity index (χ1n) is 10.3. The molecule has 4 rings (SSSR count). The van der Waals surface area contributed by atoms with E-state index in [0.29, 0.717) is 22.0 Å². The van der Waals surface area contributed by atoms with Crippen molar-refractivity contribution in [3.8, 4) is 11.1 Å². The number of hydrogen-bond acceptors (Lipinski definition) is 4. The summed E-state index contributed by atoms with van der Waals surface area (Å²) in [5.41, 5.74) is 2.65. The third kappa shape index (κ3) is 4.59. The van der Waals surface area contributed by atoms with Gasteiger partial charge in [-0.3, -0.25) is 14.2 Å². The van der Waals surface area contributed by atoms with Gasteiger partial charge in [-0.1, -0.05) is 58.4 Å². The number of methoxy groups -OCH3 is 1. The molecule has 0 atom stereocenters. The Kier molecular flexibility index (Phi) is 6.42. The monoisotopic (exact) mass is 504 g/mol. The number of aromatic nitrogens is 1. The van der Waals surface area contributed by atoms with Gasteiger partial charge in [0.05, 0.1) is 13.7 Å². The molecule has 0 fully saturated rings. The van der Waals surface area contributed by atoms with Crippen LogP contribution in [0.5, 0.6) is 0 Å². The van der Waals surface area contributed by atoms with E-state index in [0.717, 1.165) is 15.6 Å². The molecule has 0 aliphatic heterocycles. The second kappa shape index (κ2) is 9.42. The molecule has 1 amide bonds. The lowest BCUT2D eigenvalue weighted by atomic mass is 9.96. The number of nitrogens with one attached hydrogen (secondary N) is 1. The molecular formula is C26H21BrN2O4. The number of anilines is 1. The number of carbonyl (C=O) groups is 2. The van der Waals surface area contributed by atoms with E-state index in [4.69, 9.17) is 4.74 Å². The molecule has 6 nitrogen and oxygen atoms in total. The van der Waals surface area contributed by atoms with Gasteiger partial charge in [-0.15, -0.1) is 0 Å². The Morgan fingerprint density at radius 3 is 2.42 bits per heavy atom. The zero-order valence-corrected chi connectivity index (χ0v) is 19.7. The van der Waals surface area contributed by atoms with E-state index < -0.39 is 5.97 Å². The Morgan fingerprint density at radius 1 is 0.970 bits per heavy atom. The molecular weight excluding hydrogens is 484 g/mol. The normalized spacial score (nSPS) is 10.8. The van der Waals surface area contributed by atoms with Gasteiger partial charge in [-0.2, -0.15) is 0 Å². The van der Waals surface area contributed by atoms with Crippen LogP contribution in [0.25, 0.3) is 21.9 Å². The van der Waals surface area contributed by atoms with Gasteiger partial charge < -0.3 is 10.1 Å². The zero-order chi connectivity index (χ0) is 23.5. The van der Waals surface area contributed by atoms with E-state index in [-0.39, 0.29) is 23.7 Å². The predicted molar refractivity (Wildman–Crippen MR) is 133 cm³/mol. The highest BCUT2D eigenvalue weighted by Gasteiger charge is 2.24. The number of benzene rings is 3. The van der Waals surface area contributed by atoms with Crippen LogP contribution in [0.3, 0.4) is 0 Å². The molecule has 1 N–H and O–H groups in total. The Balaban J connectivity index is 2.03. The van der Waals surface area contributed by atoms with E-state index in [2.05, 4.69) is 21.2 Å². The summed E-state index contributed by atoms with van der Waals surface area (Å²) in [4.78, 5) is 38.1. The minimum atomic E-state index is -0.606. The van der Waals surface area contributed by atoms with E-state index in [1.165, 1.54) is 18.6 Å². The first-order chi connectivity index (χ1) is 15.9. The molecule has 0 saturated heterocycles.